The van der Waals surface area contributed by atoms with E-state index in [1.807, 2.05) is 0 Å². The van der Waals surface area contributed by atoms with Crippen molar-refractivity contribution in [3.63, 3.8) is 0 Å². The molecule has 0 aromatic heterocycles. The molecule has 0 amide bonds. The van der Waals surface area contributed by atoms with Gasteiger partial charge in [0.15, 0.2) is 0 Å². The Balaban J connectivity index is 1.27. The molecule has 7 aromatic carbocycles. The van der Waals surface area contributed by atoms with E-state index < -0.39 is 0 Å². The minimum Gasteiger partial charge on any atom is -0.0843 e. The topological polar surface area (TPSA) is 0 Å². The summed E-state index contributed by atoms with van der Waals surface area (Å²) < 4.78 is 0. The fourth-order valence-corrected chi connectivity index (χ4v) is 7.26. The number of halogens is 1. The van der Waals surface area contributed by atoms with Crippen LogP contribution in [0.25, 0.3) is 88.3 Å². The van der Waals surface area contributed by atoms with Crippen LogP contribution in [0.1, 0.15) is 0 Å². The molecule has 0 unspecified atom stereocenters. The Morgan fingerprint density at radius 1 is 0.308 bits per heavy atom. The summed E-state index contributed by atoms with van der Waals surface area (Å²) in [7, 11) is 0. The smallest absolute Gasteiger partial charge is 0.0418 e. The highest BCUT2D eigenvalue weighted by molar-refractivity contribution is 6.31. The lowest BCUT2D eigenvalue weighted by atomic mass is 9.90. The largest absolute Gasteiger partial charge is 0.0843 e. The van der Waals surface area contributed by atoms with E-state index in [0.29, 0.717) is 0 Å². The van der Waals surface area contributed by atoms with E-state index in [-0.39, 0.29) is 0 Å². The van der Waals surface area contributed by atoms with Gasteiger partial charge in [0.1, 0.15) is 0 Å². The van der Waals surface area contributed by atoms with Gasteiger partial charge >= 0.3 is 0 Å². The summed E-state index contributed by atoms with van der Waals surface area (Å²) >= 11 is 6.85. The number of hydrogen-bond donors (Lipinski definition) is 0. The minimum atomic E-state index is 0.751. The molecular weight excluding hydrogens is 492 g/mol. The van der Waals surface area contributed by atoms with Gasteiger partial charge in [-0.05, 0) is 107 Å². The predicted molar refractivity (Wildman–Crippen MR) is 166 cm³/mol. The van der Waals surface area contributed by atoms with E-state index in [0.717, 1.165) is 16.1 Å². The van der Waals surface area contributed by atoms with E-state index in [9.17, 15) is 0 Å². The van der Waals surface area contributed by atoms with Gasteiger partial charge in [-0.1, -0.05) is 121 Å². The second-order valence-corrected chi connectivity index (χ2v) is 11.0. The summed E-state index contributed by atoms with van der Waals surface area (Å²) in [6.07, 6.45) is 0. The molecule has 2 aliphatic rings. The van der Waals surface area contributed by atoms with Gasteiger partial charge in [-0.25, -0.2) is 0 Å². The summed E-state index contributed by atoms with van der Waals surface area (Å²) in [5, 5.41) is 5.96. The first kappa shape index (κ1) is 21.3. The zero-order valence-electron chi connectivity index (χ0n) is 21.0. The zero-order chi connectivity index (χ0) is 25.7. The van der Waals surface area contributed by atoms with E-state index in [1.54, 1.807) is 0 Å². The van der Waals surface area contributed by atoms with Crippen LogP contribution in [0.4, 0.5) is 0 Å². The molecule has 0 fully saturated rings. The first-order chi connectivity index (χ1) is 19.3. The maximum atomic E-state index is 6.85. The SMILES string of the molecule is Clc1cc(-c2ccc3c4c(cccc24)-c2ccccc2-3)cc(-c2ccc3c4c(cccc24)-c2ccccc2-3)c1. The third-order valence-electron chi connectivity index (χ3n) is 8.62. The molecule has 0 spiro atoms. The Morgan fingerprint density at radius 3 is 1.10 bits per heavy atom. The molecule has 0 bridgehead atoms. The molecule has 0 saturated carbocycles. The molecule has 9 rings (SSSR count). The summed E-state index contributed by atoms with van der Waals surface area (Å²) in [4.78, 5) is 0. The lowest BCUT2D eigenvalue weighted by molar-refractivity contribution is 1.63. The molecular formula is C38H21Cl. The molecule has 0 aliphatic heterocycles. The lowest BCUT2D eigenvalue weighted by Gasteiger charge is -2.14. The second-order valence-electron chi connectivity index (χ2n) is 10.6. The highest BCUT2D eigenvalue weighted by Crippen LogP contribution is 2.51. The van der Waals surface area contributed by atoms with E-state index in [4.69, 9.17) is 11.6 Å². The van der Waals surface area contributed by atoms with E-state index in [2.05, 4.69) is 127 Å². The Labute approximate surface area is 231 Å². The molecule has 39 heavy (non-hydrogen) atoms. The second kappa shape index (κ2) is 7.69. The predicted octanol–water partition coefficient (Wildman–Crippen LogP) is 11.3. The average molecular weight is 513 g/mol. The van der Waals surface area contributed by atoms with Crippen molar-refractivity contribution in [1.82, 2.24) is 0 Å². The molecule has 0 N–H and O–H groups in total. The maximum Gasteiger partial charge on any atom is 0.0418 e. The van der Waals surface area contributed by atoms with Crippen LogP contribution in [-0.2, 0) is 0 Å². The number of hydrogen-bond acceptors (Lipinski definition) is 0. The monoisotopic (exact) mass is 512 g/mol. The van der Waals surface area contributed by atoms with Crippen LogP contribution in [-0.4, -0.2) is 0 Å². The highest BCUT2D eigenvalue weighted by atomic mass is 35.5. The van der Waals surface area contributed by atoms with Gasteiger partial charge in [0.2, 0.25) is 0 Å². The third kappa shape index (κ3) is 2.84. The normalized spacial score (nSPS) is 12.2. The van der Waals surface area contributed by atoms with Gasteiger partial charge in [0, 0.05) is 5.02 Å². The van der Waals surface area contributed by atoms with Gasteiger partial charge in [-0.2, -0.15) is 0 Å². The molecule has 0 atom stereocenters. The van der Waals surface area contributed by atoms with Crippen LogP contribution >= 0.6 is 11.6 Å². The molecule has 180 valence electrons. The van der Waals surface area contributed by atoms with Crippen molar-refractivity contribution in [2.24, 2.45) is 0 Å². The Kier molecular flexibility index (Phi) is 4.20. The summed E-state index contributed by atoms with van der Waals surface area (Å²) in [6, 6.07) is 46.4. The molecule has 0 nitrogen and oxygen atoms in total. The molecule has 7 aromatic rings. The lowest BCUT2D eigenvalue weighted by Crippen LogP contribution is -1.87. The fraction of sp³-hybridized carbons (Fsp3) is 0. The summed E-state index contributed by atoms with van der Waals surface area (Å²) in [5.41, 5.74) is 15.2. The average Bonchev–Trinajstić information content (AvgIpc) is 3.49. The van der Waals surface area contributed by atoms with Crippen LogP contribution in [0, 0.1) is 0 Å². The number of rotatable bonds is 2. The third-order valence-corrected chi connectivity index (χ3v) is 8.83. The van der Waals surface area contributed by atoms with Crippen LogP contribution in [0.15, 0.2) is 127 Å². The van der Waals surface area contributed by atoms with Gasteiger partial charge in [-0.15, -0.1) is 0 Å². The van der Waals surface area contributed by atoms with Crippen molar-refractivity contribution >= 4 is 33.1 Å². The van der Waals surface area contributed by atoms with Crippen LogP contribution in [0.2, 0.25) is 5.02 Å². The van der Waals surface area contributed by atoms with Gasteiger partial charge < -0.3 is 0 Å². The van der Waals surface area contributed by atoms with Crippen molar-refractivity contribution < 1.29 is 0 Å². The Bertz CT molecular complexity index is 1970. The quantitative estimate of drug-likeness (QED) is 0.216. The summed E-state index contributed by atoms with van der Waals surface area (Å²) in [6.45, 7) is 0. The first-order valence-electron chi connectivity index (χ1n) is 13.4. The van der Waals surface area contributed by atoms with Crippen molar-refractivity contribution in [2.75, 3.05) is 0 Å². The Morgan fingerprint density at radius 2 is 0.667 bits per heavy atom. The molecule has 0 heterocycles. The van der Waals surface area contributed by atoms with Crippen molar-refractivity contribution in [3.05, 3.63) is 132 Å². The van der Waals surface area contributed by atoms with Gasteiger partial charge in [-0.3, -0.25) is 0 Å². The number of fused-ring (bicyclic) bond motifs is 6. The van der Waals surface area contributed by atoms with E-state index >= 15 is 0 Å². The van der Waals surface area contributed by atoms with Crippen LogP contribution in [0.3, 0.4) is 0 Å². The standard InChI is InChI=1S/C38H21Cl/c39-24-20-22(25-15-17-35-29-9-3-1-7-27(29)33-13-5-11-31(25)37(33)35)19-23(21-24)26-16-18-36-30-10-4-2-8-28(30)34-14-6-12-32(26)38(34)36/h1-21H. The first-order valence-corrected chi connectivity index (χ1v) is 13.8. The molecule has 1 heteroatoms. The molecule has 2 aliphatic carbocycles. The van der Waals surface area contributed by atoms with Crippen molar-refractivity contribution in [1.29, 1.82) is 0 Å². The Hall–Kier alpha value is -4.65. The maximum absolute atomic E-state index is 6.85. The summed E-state index contributed by atoms with van der Waals surface area (Å²) in [5.74, 6) is 0. The molecule has 0 saturated heterocycles. The number of benzene rings is 7. The van der Waals surface area contributed by atoms with Crippen molar-refractivity contribution in [2.45, 2.75) is 0 Å². The fourth-order valence-electron chi connectivity index (χ4n) is 7.02. The van der Waals surface area contributed by atoms with E-state index in [1.165, 1.54) is 77.2 Å². The van der Waals surface area contributed by atoms with Gasteiger partial charge in [0.25, 0.3) is 0 Å². The zero-order valence-corrected chi connectivity index (χ0v) is 21.8. The highest BCUT2D eigenvalue weighted by Gasteiger charge is 2.24. The van der Waals surface area contributed by atoms with Crippen LogP contribution in [0.5, 0.6) is 0 Å². The van der Waals surface area contributed by atoms with Crippen molar-refractivity contribution in [3.8, 4) is 66.8 Å². The minimum absolute atomic E-state index is 0.751. The van der Waals surface area contributed by atoms with Gasteiger partial charge in [0.05, 0.1) is 0 Å². The van der Waals surface area contributed by atoms with Crippen LogP contribution < -0.4 is 0 Å². The molecule has 0 radical (unpaired) electrons.